The molecule has 1 aliphatic rings. The minimum absolute atomic E-state index is 0.0499. The SMILES string of the molecule is O=C(NS(=O)(=O)Cc1ccc(Cl)nc1)[C@@H]1CCCN1C(=O)C(F)(F)F. The fourth-order valence-electron chi connectivity index (χ4n) is 2.41. The molecule has 2 heterocycles. The number of carbonyl (C=O) groups excluding carboxylic acids is 2. The summed E-state index contributed by atoms with van der Waals surface area (Å²) in [5, 5.41) is 0.150. The van der Waals surface area contributed by atoms with E-state index < -0.39 is 39.8 Å². The summed E-state index contributed by atoms with van der Waals surface area (Å²) in [5.41, 5.74) is 0.236. The Balaban J connectivity index is 2.07. The lowest BCUT2D eigenvalue weighted by Crippen LogP contribution is -2.51. The first-order valence-corrected chi connectivity index (χ1v) is 9.05. The lowest BCUT2D eigenvalue weighted by Gasteiger charge is -2.24. The van der Waals surface area contributed by atoms with Crippen molar-refractivity contribution in [3.63, 3.8) is 0 Å². The Hall–Kier alpha value is -1.88. The van der Waals surface area contributed by atoms with Crippen LogP contribution < -0.4 is 4.72 Å². The largest absolute Gasteiger partial charge is 0.471 e. The number of carbonyl (C=O) groups is 2. The van der Waals surface area contributed by atoms with Gasteiger partial charge in [0.05, 0.1) is 5.75 Å². The van der Waals surface area contributed by atoms with E-state index in [0.29, 0.717) is 4.90 Å². The van der Waals surface area contributed by atoms with Crippen molar-refractivity contribution in [1.29, 1.82) is 0 Å². The summed E-state index contributed by atoms with van der Waals surface area (Å²) in [6.07, 6.45) is -3.81. The number of likely N-dealkylation sites (tertiary alicyclic amines) is 1. The number of amides is 2. The van der Waals surface area contributed by atoms with Crippen molar-refractivity contribution in [3.8, 4) is 0 Å². The molecule has 1 atom stereocenters. The van der Waals surface area contributed by atoms with Gasteiger partial charge in [0, 0.05) is 12.7 Å². The lowest BCUT2D eigenvalue weighted by molar-refractivity contribution is -0.186. The van der Waals surface area contributed by atoms with Gasteiger partial charge >= 0.3 is 12.1 Å². The Bertz CT molecular complexity index is 768. The molecule has 0 radical (unpaired) electrons. The first-order valence-electron chi connectivity index (χ1n) is 7.02. The molecule has 0 aliphatic carbocycles. The molecule has 138 valence electrons. The normalized spacial score (nSPS) is 18.2. The third kappa shape index (κ3) is 5.05. The molecule has 1 aromatic heterocycles. The van der Waals surface area contributed by atoms with E-state index in [1.54, 1.807) is 4.72 Å². The second-order valence-electron chi connectivity index (χ2n) is 5.37. The molecule has 7 nitrogen and oxygen atoms in total. The van der Waals surface area contributed by atoms with Crippen LogP contribution in [-0.4, -0.2) is 48.9 Å². The summed E-state index contributed by atoms with van der Waals surface area (Å²) < 4.78 is 63.3. The van der Waals surface area contributed by atoms with Gasteiger partial charge in [0.15, 0.2) is 0 Å². The molecule has 1 N–H and O–H groups in total. The van der Waals surface area contributed by atoms with Crippen LogP contribution in [0.4, 0.5) is 13.2 Å². The number of halogens is 4. The van der Waals surface area contributed by atoms with Gasteiger partial charge in [0.25, 0.3) is 5.91 Å². The zero-order valence-corrected chi connectivity index (χ0v) is 14.2. The van der Waals surface area contributed by atoms with Gasteiger partial charge in [-0.25, -0.2) is 13.4 Å². The predicted molar refractivity (Wildman–Crippen MR) is 80.8 cm³/mol. The molecule has 12 heteroatoms. The van der Waals surface area contributed by atoms with Crippen molar-refractivity contribution in [2.45, 2.75) is 30.8 Å². The van der Waals surface area contributed by atoms with E-state index in [-0.39, 0.29) is 30.1 Å². The first-order chi connectivity index (χ1) is 11.5. The Morgan fingerprint density at radius 2 is 2.04 bits per heavy atom. The van der Waals surface area contributed by atoms with Crippen LogP contribution in [0.25, 0.3) is 0 Å². The molecular weight excluding hydrogens is 387 g/mol. The fraction of sp³-hybridized carbons (Fsp3) is 0.462. The van der Waals surface area contributed by atoms with Gasteiger partial charge in [-0.1, -0.05) is 17.7 Å². The number of aromatic nitrogens is 1. The molecule has 1 fully saturated rings. The molecule has 2 rings (SSSR count). The van der Waals surface area contributed by atoms with Crippen LogP contribution in [0.2, 0.25) is 5.15 Å². The topological polar surface area (TPSA) is 96.4 Å². The molecule has 0 bridgehead atoms. The molecular formula is C13H13ClF3N3O4S. The Morgan fingerprint density at radius 1 is 1.36 bits per heavy atom. The quantitative estimate of drug-likeness (QED) is 0.768. The maximum atomic E-state index is 12.5. The van der Waals surface area contributed by atoms with Crippen molar-refractivity contribution >= 4 is 33.4 Å². The van der Waals surface area contributed by atoms with Crippen LogP contribution in [0, 0.1) is 0 Å². The van der Waals surface area contributed by atoms with Crippen LogP contribution in [0.3, 0.4) is 0 Å². The van der Waals surface area contributed by atoms with Crippen LogP contribution >= 0.6 is 11.6 Å². The fourth-order valence-corrected chi connectivity index (χ4v) is 3.65. The van der Waals surface area contributed by atoms with Gasteiger partial charge in [-0.05, 0) is 24.5 Å². The standard InChI is InChI=1S/C13H13ClF3N3O4S/c14-10-4-3-8(6-18-10)7-25(23,24)19-11(21)9-2-1-5-20(9)12(22)13(15,16)17/h3-4,6,9H,1-2,5,7H2,(H,19,21)/t9-/m0/s1. The number of alkyl halides is 3. The Morgan fingerprint density at radius 3 is 2.60 bits per heavy atom. The molecule has 0 saturated carbocycles. The van der Waals surface area contributed by atoms with E-state index in [9.17, 15) is 31.2 Å². The summed E-state index contributed by atoms with van der Waals surface area (Å²) in [6, 6.07) is 1.26. The number of hydrogen-bond donors (Lipinski definition) is 1. The number of nitrogens with one attached hydrogen (secondary N) is 1. The predicted octanol–water partition coefficient (Wildman–Crippen LogP) is 1.23. The first kappa shape index (κ1) is 19.4. The summed E-state index contributed by atoms with van der Waals surface area (Å²) in [7, 11) is -4.17. The minimum atomic E-state index is -5.13. The maximum Gasteiger partial charge on any atom is 0.471 e. The number of hydrogen-bond acceptors (Lipinski definition) is 5. The van der Waals surface area contributed by atoms with E-state index in [4.69, 9.17) is 11.6 Å². The smallest absolute Gasteiger partial charge is 0.323 e. The number of sulfonamides is 1. The molecule has 1 aromatic rings. The average Bonchev–Trinajstić information content (AvgIpc) is 2.96. The van der Waals surface area contributed by atoms with Gasteiger partial charge in [0.2, 0.25) is 10.0 Å². The second-order valence-corrected chi connectivity index (χ2v) is 7.48. The zero-order valence-electron chi connectivity index (χ0n) is 12.6. The van der Waals surface area contributed by atoms with Crippen molar-refractivity contribution in [3.05, 3.63) is 29.0 Å². The van der Waals surface area contributed by atoms with Gasteiger partial charge < -0.3 is 4.90 Å². The van der Waals surface area contributed by atoms with Crippen LogP contribution in [0.5, 0.6) is 0 Å². The third-order valence-electron chi connectivity index (χ3n) is 3.46. The number of nitrogens with zero attached hydrogens (tertiary/aromatic N) is 2. The second kappa shape index (κ2) is 7.16. The minimum Gasteiger partial charge on any atom is -0.323 e. The van der Waals surface area contributed by atoms with Crippen LogP contribution in [0.15, 0.2) is 18.3 Å². The highest BCUT2D eigenvalue weighted by atomic mass is 35.5. The summed E-state index contributed by atoms with van der Waals surface area (Å²) in [5.74, 6) is -3.94. The van der Waals surface area contributed by atoms with Crippen molar-refractivity contribution in [2.75, 3.05) is 6.54 Å². The van der Waals surface area contributed by atoms with Gasteiger partial charge in [-0.2, -0.15) is 13.2 Å². The van der Waals surface area contributed by atoms with E-state index in [1.165, 1.54) is 18.3 Å². The summed E-state index contributed by atoms with van der Waals surface area (Å²) in [6.45, 7) is -0.266. The monoisotopic (exact) mass is 399 g/mol. The van der Waals surface area contributed by atoms with Gasteiger partial charge in [-0.3, -0.25) is 14.3 Å². The van der Waals surface area contributed by atoms with Crippen molar-refractivity contribution < 1.29 is 31.2 Å². The highest BCUT2D eigenvalue weighted by molar-refractivity contribution is 7.89. The molecule has 25 heavy (non-hydrogen) atoms. The number of rotatable bonds is 4. The molecule has 1 aliphatic heterocycles. The molecule has 0 unspecified atom stereocenters. The summed E-state index contributed by atoms with van der Waals surface area (Å²) >= 11 is 5.58. The third-order valence-corrected chi connectivity index (χ3v) is 4.91. The van der Waals surface area contributed by atoms with Gasteiger partial charge in [-0.15, -0.1) is 0 Å². The highest BCUT2D eigenvalue weighted by Crippen LogP contribution is 2.26. The van der Waals surface area contributed by atoms with E-state index in [1.807, 2.05) is 0 Å². The highest BCUT2D eigenvalue weighted by Gasteiger charge is 2.48. The molecule has 0 spiro atoms. The van der Waals surface area contributed by atoms with Crippen molar-refractivity contribution in [1.82, 2.24) is 14.6 Å². The zero-order chi connectivity index (χ0) is 18.8. The lowest BCUT2D eigenvalue weighted by atomic mass is 10.2. The van der Waals surface area contributed by atoms with Crippen LogP contribution in [-0.2, 0) is 25.4 Å². The maximum absolute atomic E-state index is 12.5. The average molecular weight is 400 g/mol. The van der Waals surface area contributed by atoms with Crippen molar-refractivity contribution in [2.24, 2.45) is 0 Å². The van der Waals surface area contributed by atoms with E-state index in [0.717, 1.165) is 0 Å². The van der Waals surface area contributed by atoms with E-state index in [2.05, 4.69) is 4.98 Å². The Kier molecular flexibility index (Phi) is 5.57. The molecule has 1 saturated heterocycles. The molecule has 2 amide bonds. The Labute approximate surface area is 146 Å². The number of pyridine rings is 1. The van der Waals surface area contributed by atoms with E-state index >= 15 is 0 Å². The van der Waals surface area contributed by atoms with Crippen LogP contribution in [0.1, 0.15) is 18.4 Å². The molecule has 0 aromatic carbocycles. The summed E-state index contributed by atoms with van der Waals surface area (Å²) in [4.78, 5) is 27.4. The van der Waals surface area contributed by atoms with Gasteiger partial charge in [0.1, 0.15) is 11.2 Å².